The number of guanidine groups is 1. The lowest BCUT2D eigenvalue weighted by Crippen LogP contribution is -2.46. The Balaban J connectivity index is 2.07. The van der Waals surface area contributed by atoms with Gasteiger partial charge in [0.25, 0.3) is 0 Å². The topological polar surface area (TPSA) is 72.4 Å². The lowest BCUT2D eigenvalue weighted by atomic mass is 9.97. The number of nitrogens with one attached hydrogen (secondary N) is 1. The van der Waals surface area contributed by atoms with E-state index in [1.807, 2.05) is 25.1 Å². The molecule has 0 saturated carbocycles. The summed E-state index contributed by atoms with van der Waals surface area (Å²) in [6.07, 6.45) is 1.56. The van der Waals surface area contributed by atoms with Crippen molar-refractivity contribution in [3.63, 3.8) is 0 Å². The third kappa shape index (κ3) is 5.03. The number of methoxy groups -OCH3 is 3. The Kier molecular flexibility index (Phi) is 7.56. The van der Waals surface area contributed by atoms with Crippen molar-refractivity contribution in [2.75, 3.05) is 41.0 Å². The minimum absolute atomic E-state index is 0.0131. The van der Waals surface area contributed by atoms with E-state index in [2.05, 4.69) is 10.2 Å². The Morgan fingerprint density at radius 1 is 1.23 bits per heavy atom. The van der Waals surface area contributed by atoms with Crippen molar-refractivity contribution in [1.82, 2.24) is 10.2 Å². The Hall–Kier alpha value is -2.44. The molecule has 0 radical (unpaired) electrons. The van der Waals surface area contributed by atoms with Gasteiger partial charge in [-0.3, -0.25) is 4.79 Å². The standard InChI is InChI=1S/C19H29N3O4/c1-5-20-19(22-10-8-14(9-11-22)18(23)26-4)21-13-15-6-7-16(24-2)12-17(15)25-3/h6-7,12,14H,5,8-11,13H2,1-4H3,(H,20,21). The maximum Gasteiger partial charge on any atom is 0.308 e. The predicted octanol–water partition coefficient (Wildman–Crippen LogP) is 2.05. The fourth-order valence-electron chi connectivity index (χ4n) is 3.06. The van der Waals surface area contributed by atoms with Gasteiger partial charge in [-0.25, -0.2) is 4.99 Å². The number of ether oxygens (including phenoxy) is 3. The van der Waals surface area contributed by atoms with Crippen molar-refractivity contribution in [3.8, 4) is 11.5 Å². The summed E-state index contributed by atoms with van der Waals surface area (Å²) in [5, 5.41) is 3.33. The number of aliphatic imine (C=N–C) groups is 1. The van der Waals surface area contributed by atoms with E-state index < -0.39 is 0 Å². The summed E-state index contributed by atoms with van der Waals surface area (Å²) in [5.74, 6) is 2.24. The number of hydrogen-bond donors (Lipinski definition) is 1. The number of carbonyl (C=O) groups excluding carboxylic acids is 1. The second-order valence-corrected chi connectivity index (χ2v) is 6.13. The van der Waals surface area contributed by atoms with Gasteiger partial charge in [0.15, 0.2) is 5.96 Å². The van der Waals surface area contributed by atoms with Crippen LogP contribution in [0.1, 0.15) is 25.3 Å². The second kappa shape index (κ2) is 9.89. The summed E-state index contributed by atoms with van der Waals surface area (Å²) >= 11 is 0. The van der Waals surface area contributed by atoms with Gasteiger partial charge in [-0.05, 0) is 31.9 Å². The molecule has 0 atom stereocenters. The molecule has 1 fully saturated rings. The Bertz CT molecular complexity index is 625. The van der Waals surface area contributed by atoms with Gasteiger partial charge in [-0.1, -0.05) is 0 Å². The van der Waals surface area contributed by atoms with E-state index in [0.29, 0.717) is 6.54 Å². The molecule has 1 aliphatic rings. The summed E-state index contributed by atoms with van der Waals surface area (Å²) in [7, 11) is 4.72. The first-order valence-electron chi connectivity index (χ1n) is 8.94. The molecular weight excluding hydrogens is 334 g/mol. The minimum Gasteiger partial charge on any atom is -0.497 e. The van der Waals surface area contributed by atoms with Crippen LogP contribution >= 0.6 is 0 Å². The molecule has 1 N–H and O–H groups in total. The third-order valence-corrected chi connectivity index (χ3v) is 4.56. The summed E-state index contributed by atoms with van der Waals surface area (Å²) in [4.78, 5) is 18.6. The highest BCUT2D eigenvalue weighted by atomic mass is 16.5. The fraction of sp³-hybridized carbons (Fsp3) is 0.579. The van der Waals surface area contributed by atoms with E-state index >= 15 is 0 Å². The molecule has 1 aromatic rings. The average Bonchev–Trinajstić information content (AvgIpc) is 2.70. The van der Waals surface area contributed by atoms with E-state index in [1.165, 1.54) is 7.11 Å². The molecular formula is C19H29N3O4. The highest BCUT2D eigenvalue weighted by Crippen LogP contribution is 2.25. The van der Waals surface area contributed by atoms with E-state index in [0.717, 1.165) is 55.5 Å². The number of piperidine rings is 1. The molecule has 0 bridgehead atoms. The number of benzene rings is 1. The average molecular weight is 363 g/mol. The Morgan fingerprint density at radius 3 is 2.54 bits per heavy atom. The molecule has 0 aromatic heterocycles. The summed E-state index contributed by atoms with van der Waals surface area (Å²) in [5.41, 5.74) is 0.994. The predicted molar refractivity (Wildman–Crippen MR) is 101 cm³/mol. The minimum atomic E-state index is -0.116. The van der Waals surface area contributed by atoms with Crippen molar-refractivity contribution in [2.45, 2.75) is 26.3 Å². The number of nitrogens with zero attached hydrogens (tertiary/aromatic N) is 2. The first-order chi connectivity index (χ1) is 12.6. The van der Waals surface area contributed by atoms with Crippen molar-refractivity contribution in [1.29, 1.82) is 0 Å². The summed E-state index contributed by atoms with van der Waals surface area (Å²) in [6.45, 7) is 4.91. The number of esters is 1. The number of likely N-dealkylation sites (tertiary alicyclic amines) is 1. The third-order valence-electron chi connectivity index (χ3n) is 4.56. The molecule has 0 unspecified atom stereocenters. The second-order valence-electron chi connectivity index (χ2n) is 6.13. The largest absolute Gasteiger partial charge is 0.497 e. The fourth-order valence-corrected chi connectivity index (χ4v) is 3.06. The van der Waals surface area contributed by atoms with Gasteiger partial charge in [0.05, 0.1) is 33.8 Å². The number of carbonyl (C=O) groups is 1. The van der Waals surface area contributed by atoms with E-state index in [4.69, 9.17) is 19.2 Å². The Labute approximate surface area is 155 Å². The molecule has 0 aliphatic carbocycles. The summed E-state index contributed by atoms with van der Waals surface area (Å²) in [6, 6.07) is 5.73. The van der Waals surface area contributed by atoms with E-state index in [1.54, 1.807) is 14.2 Å². The van der Waals surface area contributed by atoms with E-state index in [-0.39, 0.29) is 11.9 Å². The van der Waals surface area contributed by atoms with Crippen LogP contribution < -0.4 is 14.8 Å². The smallest absolute Gasteiger partial charge is 0.308 e. The van der Waals surface area contributed by atoms with Crippen LogP contribution in [0.4, 0.5) is 0 Å². The number of hydrogen-bond acceptors (Lipinski definition) is 5. The van der Waals surface area contributed by atoms with Gasteiger partial charge in [0, 0.05) is 31.3 Å². The van der Waals surface area contributed by atoms with Crippen LogP contribution in [0.5, 0.6) is 11.5 Å². The van der Waals surface area contributed by atoms with Gasteiger partial charge >= 0.3 is 5.97 Å². The highest BCUT2D eigenvalue weighted by molar-refractivity contribution is 5.80. The first-order valence-corrected chi connectivity index (χ1v) is 8.94. The van der Waals surface area contributed by atoms with Crippen LogP contribution in [0.2, 0.25) is 0 Å². The quantitative estimate of drug-likeness (QED) is 0.474. The van der Waals surface area contributed by atoms with Crippen LogP contribution in [0.15, 0.2) is 23.2 Å². The maximum absolute atomic E-state index is 11.7. The van der Waals surface area contributed by atoms with Gasteiger partial charge in [0.2, 0.25) is 0 Å². The molecule has 26 heavy (non-hydrogen) atoms. The molecule has 1 aliphatic heterocycles. The van der Waals surface area contributed by atoms with Crippen molar-refractivity contribution < 1.29 is 19.0 Å². The molecule has 0 amide bonds. The van der Waals surface area contributed by atoms with Crippen LogP contribution in [-0.4, -0.2) is 57.8 Å². The van der Waals surface area contributed by atoms with E-state index in [9.17, 15) is 4.79 Å². The molecule has 144 valence electrons. The van der Waals surface area contributed by atoms with Gasteiger partial charge in [-0.2, -0.15) is 0 Å². The van der Waals surface area contributed by atoms with Crippen LogP contribution in [0.3, 0.4) is 0 Å². The van der Waals surface area contributed by atoms with Crippen molar-refractivity contribution in [3.05, 3.63) is 23.8 Å². The summed E-state index contributed by atoms with van der Waals surface area (Å²) < 4.78 is 15.5. The van der Waals surface area contributed by atoms with Crippen molar-refractivity contribution >= 4 is 11.9 Å². The molecule has 0 spiro atoms. The van der Waals surface area contributed by atoms with Gasteiger partial charge < -0.3 is 24.4 Å². The first kappa shape index (κ1) is 19.9. The maximum atomic E-state index is 11.7. The lowest BCUT2D eigenvalue weighted by Gasteiger charge is -2.33. The Morgan fingerprint density at radius 2 is 1.96 bits per heavy atom. The van der Waals surface area contributed by atoms with Gasteiger partial charge in [0.1, 0.15) is 11.5 Å². The monoisotopic (exact) mass is 363 g/mol. The van der Waals surface area contributed by atoms with Crippen molar-refractivity contribution in [2.24, 2.45) is 10.9 Å². The molecule has 7 heteroatoms. The SMILES string of the molecule is CCNC(=NCc1ccc(OC)cc1OC)N1CCC(C(=O)OC)CC1. The number of rotatable bonds is 6. The zero-order valence-corrected chi connectivity index (χ0v) is 16.1. The highest BCUT2D eigenvalue weighted by Gasteiger charge is 2.27. The van der Waals surface area contributed by atoms with Crippen LogP contribution in [0.25, 0.3) is 0 Å². The van der Waals surface area contributed by atoms with Gasteiger partial charge in [-0.15, -0.1) is 0 Å². The molecule has 1 heterocycles. The lowest BCUT2D eigenvalue weighted by molar-refractivity contribution is -0.146. The van der Waals surface area contributed by atoms with Crippen LogP contribution in [-0.2, 0) is 16.1 Å². The molecule has 2 rings (SSSR count). The zero-order valence-electron chi connectivity index (χ0n) is 16.1. The molecule has 1 saturated heterocycles. The zero-order chi connectivity index (χ0) is 18.9. The molecule has 1 aromatic carbocycles. The molecule has 7 nitrogen and oxygen atoms in total. The normalized spacial score (nSPS) is 15.5. The van der Waals surface area contributed by atoms with Crippen LogP contribution in [0, 0.1) is 5.92 Å².